The van der Waals surface area contributed by atoms with Crippen molar-refractivity contribution in [2.24, 2.45) is 0 Å². The van der Waals surface area contributed by atoms with E-state index in [0.717, 1.165) is 5.56 Å². The largest absolute Gasteiger partial charge is 0.762 e. The van der Waals surface area contributed by atoms with Crippen LogP contribution in [-0.2, 0) is 4.79 Å². The lowest BCUT2D eigenvalue weighted by molar-refractivity contribution is -0.118. The first kappa shape index (κ1) is 11.8. The van der Waals surface area contributed by atoms with E-state index in [1.807, 2.05) is 30.3 Å². The van der Waals surface area contributed by atoms with E-state index >= 15 is 0 Å². The fraction of sp³-hybridized carbons (Fsp3) is 0.364. The van der Waals surface area contributed by atoms with Crippen molar-refractivity contribution in [3.63, 3.8) is 0 Å². The van der Waals surface area contributed by atoms with E-state index in [1.54, 1.807) is 0 Å². The molecule has 0 aliphatic carbocycles. The molecule has 82 valence electrons. The molecule has 0 heterocycles. The normalized spacial score (nSPS) is 12.8. The molecule has 0 aliphatic rings. The Hall–Kier alpha value is -1.23. The first-order valence-corrected chi connectivity index (χ1v) is 4.77. The SMILES string of the molecule is CC(=O)C[C@@H](CN([O-])O)c1ccccc1. The third-order valence-electron chi connectivity index (χ3n) is 2.18. The maximum absolute atomic E-state index is 11.0. The number of carbonyl (C=O) groups excluding carboxylic acids is 1. The summed E-state index contributed by atoms with van der Waals surface area (Å²) in [5.74, 6) is -0.239. The van der Waals surface area contributed by atoms with Gasteiger partial charge in [-0.25, -0.2) is 0 Å². The molecule has 0 aliphatic heterocycles. The second-order valence-electron chi connectivity index (χ2n) is 3.55. The van der Waals surface area contributed by atoms with Crippen molar-refractivity contribution in [3.05, 3.63) is 41.1 Å². The lowest BCUT2D eigenvalue weighted by Gasteiger charge is -2.25. The van der Waals surface area contributed by atoms with Crippen molar-refractivity contribution in [2.75, 3.05) is 6.54 Å². The summed E-state index contributed by atoms with van der Waals surface area (Å²) in [5.41, 5.74) is 0.891. The van der Waals surface area contributed by atoms with Gasteiger partial charge in [-0.3, -0.25) is 5.23 Å². The summed E-state index contributed by atoms with van der Waals surface area (Å²) in [5, 5.41) is 19.1. The van der Waals surface area contributed by atoms with Crippen LogP contribution in [0.5, 0.6) is 0 Å². The van der Waals surface area contributed by atoms with Crippen LogP contribution in [0.25, 0.3) is 0 Å². The van der Waals surface area contributed by atoms with Gasteiger partial charge in [-0.1, -0.05) is 30.3 Å². The van der Waals surface area contributed by atoms with E-state index in [0.29, 0.717) is 0 Å². The predicted molar refractivity (Wildman–Crippen MR) is 56.3 cm³/mol. The maximum Gasteiger partial charge on any atom is 0.130 e. The van der Waals surface area contributed by atoms with Crippen molar-refractivity contribution in [2.45, 2.75) is 19.3 Å². The van der Waals surface area contributed by atoms with E-state index in [2.05, 4.69) is 0 Å². The van der Waals surface area contributed by atoms with Crippen LogP contribution in [0.2, 0.25) is 0 Å². The number of hydroxylamine groups is 2. The van der Waals surface area contributed by atoms with Crippen LogP contribution in [0.1, 0.15) is 24.8 Å². The zero-order valence-corrected chi connectivity index (χ0v) is 8.59. The summed E-state index contributed by atoms with van der Waals surface area (Å²) in [4.78, 5) is 11.0. The Morgan fingerprint density at radius 2 is 2.07 bits per heavy atom. The number of rotatable bonds is 5. The molecule has 4 heteroatoms. The Kier molecular flexibility index (Phi) is 4.42. The Bertz CT molecular complexity index is 311. The van der Waals surface area contributed by atoms with Gasteiger partial charge >= 0.3 is 0 Å². The van der Waals surface area contributed by atoms with Gasteiger partial charge in [0.15, 0.2) is 0 Å². The minimum absolute atomic E-state index is 0.00528. The number of nitrogens with zero attached hydrogens (tertiary/aromatic N) is 1. The highest BCUT2D eigenvalue weighted by Crippen LogP contribution is 2.20. The second kappa shape index (κ2) is 5.60. The number of hydrogen-bond acceptors (Lipinski definition) is 4. The van der Waals surface area contributed by atoms with Crippen LogP contribution >= 0.6 is 0 Å². The smallest absolute Gasteiger partial charge is 0.130 e. The lowest BCUT2D eigenvalue weighted by Crippen LogP contribution is -2.21. The molecule has 0 amide bonds. The van der Waals surface area contributed by atoms with E-state index in [-0.39, 0.29) is 29.9 Å². The molecule has 1 rings (SSSR count). The van der Waals surface area contributed by atoms with Crippen molar-refractivity contribution in [3.8, 4) is 0 Å². The lowest BCUT2D eigenvalue weighted by atomic mass is 9.94. The summed E-state index contributed by atoms with van der Waals surface area (Å²) in [6, 6.07) is 9.24. The molecule has 0 aromatic heterocycles. The number of carbonyl (C=O) groups is 1. The molecule has 1 N–H and O–H groups in total. The molecule has 0 saturated carbocycles. The third kappa shape index (κ3) is 4.20. The highest BCUT2D eigenvalue weighted by atomic mass is 16.8. The van der Waals surface area contributed by atoms with Gasteiger partial charge in [0.2, 0.25) is 0 Å². The second-order valence-corrected chi connectivity index (χ2v) is 3.55. The maximum atomic E-state index is 11.0. The van der Waals surface area contributed by atoms with E-state index in [1.165, 1.54) is 6.92 Å². The molecule has 0 bridgehead atoms. The van der Waals surface area contributed by atoms with Crippen molar-refractivity contribution in [1.29, 1.82) is 0 Å². The minimum Gasteiger partial charge on any atom is -0.762 e. The van der Waals surface area contributed by atoms with Crippen LogP contribution in [-0.4, -0.2) is 22.8 Å². The van der Waals surface area contributed by atoms with Crippen molar-refractivity contribution < 1.29 is 10.0 Å². The Morgan fingerprint density at radius 3 is 2.53 bits per heavy atom. The Labute approximate surface area is 88.7 Å². The number of ketones is 1. The predicted octanol–water partition coefficient (Wildman–Crippen LogP) is 1.94. The van der Waals surface area contributed by atoms with Gasteiger partial charge in [-0.05, 0) is 12.5 Å². The fourth-order valence-electron chi connectivity index (χ4n) is 1.55. The monoisotopic (exact) mass is 208 g/mol. The number of Topliss-reactive ketones (excluding diaryl/α,β-unsaturated/α-hetero) is 1. The first-order valence-electron chi connectivity index (χ1n) is 4.77. The zero-order valence-electron chi connectivity index (χ0n) is 8.59. The summed E-state index contributed by atoms with van der Waals surface area (Å²) in [7, 11) is 0. The molecule has 0 fully saturated rings. The highest BCUT2D eigenvalue weighted by molar-refractivity contribution is 5.76. The summed E-state index contributed by atoms with van der Waals surface area (Å²) < 4.78 is 0. The van der Waals surface area contributed by atoms with Gasteiger partial charge in [-0.2, -0.15) is 0 Å². The van der Waals surface area contributed by atoms with Crippen LogP contribution in [0, 0.1) is 5.21 Å². The highest BCUT2D eigenvalue weighted by Gasteiger charge is 2.13. The van der Waals surface area contributed by atoms with Crippen LogP contribution in [0.4, 0.5) is 0 Å². The standard InChI is InChI=1S/C11H14NO3/c1-9(13)7-11(8-12(14)15)10-5-3-2-4-6-10/h2-6,11,14H,7-8H2,1H3/q-1/t11-/m0/s1. The van der Waals surface area contributed by atoms with Gasteiger partial charge < -0.3 is 15.2 Å². The molecular weight excluding hydrogens is 194 g/mol. The molecule has 0 spiro atoms. The zero-order chi connectivity index (χ0) is 11.3. The molecular formula is C11H14NO3-. The van der Waals surface area contributed by atoms with Gasteiger partial charge in [0, 0.05) is 18.9 Å². The van der Waals surface area contributed by atoms with Crippen molar-refractivity contribution >= 4 is 5.78 Å². The van der Waals surface area contributed by atoms with Crippen molar-refractivity contribution in [1.82, 2.24) is 5.23 Å². The summed E-state index contributed by atoms with van der Waals surface area (Å²) >= 11 is 0. The third-order valence-corrected chi connectivity index (χ3v) is 2.18. The van der Waals surface area contributed by atoms with Crippen LogP contribution < -0.4 is 0 Å². The molecule has 1 atom stereocenters. The number of benzene rings is 1. The first-order chi connectivity index (χ1) is 7.09. The molecule has 0 unspecified atom stereocenters. The molecule has 0 radical (unpaired) electrons. The number of hydrogen-bond donors (Lipinski definition) is 1. The minimum atomic E-state index is -0.244. The van der Waals surface area contributed by atoms with Gasteiger partial charge in [-0.15, -0.1) is 0 Å². The van der Waals surface area contributed by atoms with Gasteiger partial charge in [0.05, 0.1) is 0 Å². The van der Waals surface area contributed by atoms with Crippen LogP contribution in [0.3, 0.4) is 0 Å². The average Bonchev–Trinajstić information content (AvgIpc) is 2.17. The molecule has 1 aromatic rings. The summed E-state index contributed by atoms with van der Waals surface area (Å²) in [6.07, 6.45) is 0.267. The summed E-state index contributed by atoms with van der Waals surface area (Å²) in [6.45, 7) is 1.39. The van der Waals surface area contributed by atoms with Crippen LogP contribution in [0.15, 0.2) is 30.3 Å². The van der Waals surface area contributed by atoms with E-state index < -0.39 is 0 Å². The van der Waals surface area contributed by atoms with E-state index in [4.69, 9.17) is 5.21 Å². The Balaban J connectivity index is 2.76. The fourth-order valence-corrected chi connectivity index (χ4v) is 1.55. The topological polar surface area (TPSA) is 63.6 Å². The quantitative estimate of drug-likeness (QED) is 0.751. The van der Waals surface area contributed by atoms with Gasteiger partial charge in [0.25, 0.3) is 0 Å². The molecule has 0 saturated heterocycles. The van der Waals surface area contributed by atoms with E-state index in [9.17, 15) is 10.0 Å². The molecule has 4 nitrogen and oxygen atoms in total. The molecule has 1 aromatic carbocycles. The molecule has 15 heavy (non-hydrogen) atoms. The Morgan fingerprint density at radius 1 is 1.47 bits per heavy atom. The van der Waals surface area contributed by atoms with Gasteiger partial charge in [0.1, 0.15) is 5.78 Å². The average molecular weight is 208 g/mol.